The molecule has 2 amide bonds. The third kappa shape index (κ3) is 3.63. The van der Waals surface area contributed by atoms with Gasteiger partial charge in [-0.15, -0.1) is 0 Å². The van der Waals surface area contributed by atoms with E-state index in [1.165, 1.54) is 16.9 Å². The van der Waals surface area contributed by atoms with Crippen molar-refractivity contribution < 1.29 is 14.3 Å². The van der Waals surface area contributed by atoms with Crippen molar-refractivity contribution in [2.75, 3.05) is 40.0 Å². The molecule has 0 saturated heterocycles. The first-order valence-corrected chi connectivity index (χ1v) is 6.33. The van der Waals surface area contributed by atoms with Crippen LogP contribution in [0.3, 0.4) is 0 Å². The summed E-state index contributed by atoms with van der Waals surface area (Å²) in [6.45, 7) is 2.33. The smallest absolute Gasteiger partial charge is 0.254 e. The lowest BCUT2D eigenvalue weighted by Gasteiger charge is -2.22. The highest BCUT2D eigenvalue weighted by Gasteiger charge is 2.19. The van der Waals surface area contributed by atoms with Crippen molar-refractivity contribution in [3.8, 4) is 5.75 Å². The second-order valence-corrected chi connectivity index (χ2v) is 4.56. The molecule has 0 aliphatic carbocycles. The van der Waals surface area contributed by atoms with E-state index in [0.29, 0.717) is 23.5 Å². The maximum atomic E-state index is 12.4. The van der Waals surface area contributed by atoms with Crippen molar-refractivity contribution in [3.63, 3.8) is 0 Å². The number of nitrogens with zero attached hydrogens (tertiary/aromatic N) is 2. The van der Waals surface area contributed by atoms with E-state index in [1.807, 2.05) is 6.92 Å². The summed E-state index contributed by atoms with van der Waals surface area (Å²) in [4.78, 5) is 27.0. The van der Waals surface area contributed by atoms with Crippen LogP contribution in [0.15, 0.2) is 18.2 Å². The Balaban J connectivity index is 2.94. The molecule has 0 saturated carbocycles. The first-order valence-electron chi connectivity index (χ1n) is 6.33. The van der Waals surface area contributed by atoms with Gasteiger partial charge in [-0.05, 0) is 25.1 Å². The van der Waals surface area contributed by atoms with E-state index >= 15 is 0 Å². The molecule has 0 aliphatic heterocycles. The molecule has 0 spiro atoms. The zero-order valence-corrected chi connectivity index (χ0v) is 12.3. The fraction of sp³-hybridized carbons (Fsp3) is 0.429. The van der Waals surface area contributed by atoms with Crippen LogP contribution in [0.4, 0.5) is 5.69 Å². The lowest BCUT2D eigenvalue weighted by molar-refractivity contribution is -0.129. The summed E-state index contributed by atoms with van der Waals surface area (Å²) in [6, 6.07) is 4.83. The highest BCUT2D eigenvalue weighted by Crippen LogP contribution is 2.22. The van der Waals surface area contributed by atoms with Crippen LogP contribution in [-0.2, 0) is 4.79 Å². The largest absolute Gasteiger partial charge is 0.495 e. The Morgan fingerprint density at radius 2 is 1.95 bits per heavy atom. The number of carbonyl (C=O) groups is 2. The van der Waals surface area contributed by atoms with Gasteiger partial charge >= 0.3 is 0 Å². The molecule has 0 bridgehead atoms. The fourth-order valence-electron chi connectivity index (χ4n) is 1.66. The minimum absolute atomic E-state index is 0.0506. The molecule has 1 aromatic rings. The van der Waals surface area contributed by atoms with Gasteiger partial charge in [-0.1, -0.05) is 0 Å². The van der Waals surface area contributed by atoms with Gasteiger partial charge in [0.05, 0.1) is 19.3 Å². The Bertz CT molecular complexity index is 500. The molecule has 6 nitrogen and oxygen atoms in total. The van der Waals surface area contributed by atoms with E-state index in [1.54, 1.807) is 32.3 Å². The Kier molecular flexibility index (Phi) is 5.37. The summed E-state index contributed by atoms with van der Waals surface area (Å²) in [7, 11) is 4.81. The number of rotatable bonds is 5. The molecule has 20 heavy (non-hydrogen) atoms. The van der Waals surface area contributed by atoms with E-state index in [2.05, 4.69) is 0 Å². The van der Waals surface area contributed by atoms with Crippen LogP contribution in [-0.4, -0.2) is 55.9 Å². The third-order valence-corrected chi connectivity index (χ3v) is 2.97. The van der Waals surface area contributed by atoms with Gasteiger partial charge in [-0.25, -0.2) is 0 Å². The molecule has 1 aromatic carbocycles. The summed E-state index contributed by atoms with van der Waals surface area (Å²) >= 11 is 0. The maximum absolute atomic E-state index is 12.4. The fourth-order valence-corrected chi connectivity index (χ4v) is 1.66. The predicted molar refractivity (Wildman–Crippen MR) is 77.7 cm³/mol. The summed E-state index contributed by atoms with van der Waals surface area (Å²) in [5.74, 6) is 0.106. The number of methoxy groups -OCH3 is 1. The monoisotopic (exact) mass is 279 g/mol. The topological polar surface area (TPSA) is 75.9 Å². The van der Waals surface area contributed by atoms with Crippen molar-refractivity contribution in [3.05, 3.63) is 23.8 Å². The van der Waals surface area contributed by atoms with Crippen LogP contribution in [0.5, 0.6) is 5.75 Å². The number of nitrogen functional groups attached to an aromatic ring is 1. The number of benzene rings is 1. The number of nitrogens with two attached hydrogens (primary N) is 1. The highest BCUT2D eigenvalue weighted by atomic mass is 16.5. The molecule has 110 valence electrons. The minimum atomic E-state index is -0.221. The first kappa shape index (κ1) is 15.8. The van der Waals surface area contributed by atoms with Crippen LogP contribution in [0.2, 0.25) is 0 Å². The molecule has 0 aromatic heterocycles. The Morgan fingerprint density at radius 3 is 2.45 bits per heavy atom. The third-order valence-electron chi connectivity index (χ3n) is 2.97. The molecule has 0 atom stereocenters. The maximum Gasteiger partial charge on any atom is 0.254 e. The predicted octanol–water partition coefficient (Wildman–Crippen LogP) is 0.828. The Labute approximate surface area is 119 Å². The zero-order valence-electron chi connectivity index (χ0n) is 12.3. The van der Waals surface area contributed by atoms with E-state index in [9.17, 15) is 9.59 Å². The van der Waals surface area contributed by atoms with Crippen molar-refractivity contribution in [1.29, 1.82) is 0 Å². The van der Waals surface area contributed by atoms with Crippen LogP contribution in [0.1, 0.15) is 17.3 Å². The standard InChI is InChI=1S/C14H21N3O3/c1-5-17(9-13(18)16(2)3)14(19)10-6-7-11(15)12(8-10)20-4/h6-8H,5,9,15H2,1-4H3. The van der Waals surface area contributed by atoms with E-state index in [0.717, 1.165) is 0 Å². The summed E-state index contributed by atoms with van der Waals surface area (Å²) in [5.41, 5.74) is 6.64. The van der Waals surface area contributed by atoms with Crippen LogP contribution >= 0.6 is 0 Å². The van der Waals surface area contributed by atoms with Gasteiger partial charge in [-0.2, -0.15) is 0 Å². The van der Waals surface area contributed by atoms with Gasteiger partial charge in [0.15, 0.2) is 0 Å². The van der Waals surface area contributed by atoms with Crippen molar-refractivity contribution >= 4 is 17.5 Å². The number of anilines is 1. The molecule has 0 unspecified atom stereocenters. The average molecular weight is 279 g/mol. The zero-order chi connectivity index (χ0) is 15.3. The Morgan fingerprint density at radius 1 is 1.30 bits per heavy atom. The molecule has 2 N–H and O–H groups in total. The molecule has 0 aliphatic rings. The summed E-state index contributed by atoms with van der Waals surface area (Å²) < 4.78 is 5.10. The second kappa shape index (κ2) is 6.79. The van der Waals surface area contributed by atoms with E-state index in [4.69, 9.17) is 10.5 Å². The molecule has 0 radical (unpaired) electrons. The van der Waals surface area contributed by atoms with Crippen molar-refractivity contribution in [1.82, 2.24) is 9.80 Å². The van der Waals surface area contributed by atoms with Crippen LogP contribution in [0.25, 0.3) is 0 Å². The van der Waals surface area contributed by atoms with Gasteiger partial charge in [-0.3, -0.25) is 9.59 Å². The number of ether oxygens (including phenoxy) is 1. The number of amides is 2. The first-order chi connectivity index (χ1) is 9.40. The minimum Gasteiger partial charge on any atom is -0.495 e. The number of likely N-dealkylation sites (N-methyl/N-ethyl adjacent to an activating group) is 2. The van der Waals surface area contributed by atoms with Crippen LogP contribution in [0, 0.1) is 0 Å². The van der Waals surface area contributed by atoms with Gasteiger partial charge in [0, 0.05) is 26.2 Å². The number of hydrogen-bond acceptors (Lipinski definition) is 4. The lowest BCUT2D eigenvalue weighted by atomic mass is 10.1. The summed E-state index contributed by atoms with van der Waals surface area (Å²) in [6.07, 6.45) is 0. The molecule has 1 rings (SSSR count). The normalized spacial score (nSPS) is 10.0. The summed E-state index contributed by atoms with van der Waals surface area (Å²) in [5, 5.41) is 0. The van der Waals surface area contributed by atoms with Gasteiger partial charge < -0.3 is 20.3 Å². The van der Waals surface area contributed by atoms with E-state index < -0.39 is 0 Å². The SMILES string of the molecule is CCN(CC(=O)N(C)C)C(=O)c1ccc(N)c(OC)c1. The van der Waals surface area contributed by atoms with Crippen molar-refractivity contribution in [2.24, 2.45) is 0 Å². The van der Waals surface area contributed by atoms with E-state index in [-0.39, 0.29) is 18.4 Å². The van der Waals surface area contributed by atoms with Gasteiger partial charge in [0.1, 0.15) is 5.75 Å². The average Bonchev–Trinajstić information content (AvgIpc) is 2.44. The lowest BCUT2D eigenvalue weighted by Crippen LogP contribution is -2.40. The van der Waals surface area contributed by atoms with Crippen molar-refractivity contribution in [2.45, 2.75) is 6.92 Å². The second-order valence-electron chi connectivity index (χ2n) is 4.56. The molecular weight excluding hydrogens is 258 g/mol. The quantitative estimate of drug-likeness (QED) is 0.810. The van der Waals surface area contributed by atoms with Gasteiger partial charge in [0.25, 0.3) is 5.91 Å². The highest BCUT2D eigenvalue weighted by molar-refractivity contribution is 5.97. The van der Waals surface area contributed by atoms with Gasteiger partial charge in [0.2, 0.25) is 5.91 Å². The molecular formula is C14H21N3O3. The number of hydrogen-bond donors (Lipinski definition) is 1. The molecule has 0 fully saturated rings. The number of carbonyl (C=O) groups excluding carboxylic acids is 2. The van der Waals surface area contributed by atoms with Crippen LogP contribution < -0.4 is 10.5 Å². The molecule has 0 heterocycles. The Hall–Kier alpha value is -2.24. The molecule has 6 heteroatoms.